The highest BCUT2D eigenvalue weighted by Gasteiger charge is 2.11. The van der Waals surface area contributed by atoms with E-state index in [0.29, 0.717) is 5.69 Å². The Kier molecular flexibility index (Phi) is 4.25. The van der Waals surface area contributed by atoms with Gasteiger partial charge in [-0.25, -0.2) is 4.39 Å². The molecule has 0 radical (unpaired) electrons. The number of carbonyl (C=O) groups excluding carboxylic acids is 2. The summed E-state index contributed by atoms with van der Waals surface area (Å²) in [7, 11) is 0. The quantitative estimate of drug-likeness (QED) is 0.901. The Morgan fingerprint density at radius 1 is 1.21 bits per heavy atom. The zero-order chi connectivity index (χ0) is 13.7. The molecular weight excluding hydrogens is 267 g/mol. The van der Waals surface area contributed by atoms with Crippen molar-refractivity contribution in [2.24, 2.45) is 0 Å². The maximum atomic E-state index is 13.3. The molecule has 0 aliphatic rings. The SMILES string of the molecule is O=C(CNC(=O)c1ccccc1F)Nc1ccsc1. The van der Waals surface area contributed by atoms with Crippen molar-refractivity contribution >= 4 is 28.8 Å². The van der Waals surface area contributed by atoms with Gasteiger partial charge in [-0.2, -0.15) is 11.3 Å². The second-order valence-corrected chi connectivity index (χ2v) is 4.50. The fourth-order valence-corrected chi connectivity index (χ4v) is 2.03. The van der Waals surface area contributed by atoms with Gasteiger partial charge in [0.05, 0.1) is 17.8 Å². The van der Waals surface area contributed by atoms with Gasteiger partial charge in [0.1, 0.15) is 5.82 Å². The number of carbonyl (C=O) groups is 2. The van der Waals surface area contributed by atoms with Gasteiger partial charge in [-0.15, -0.1) is 0 Å². The van der Waals surface area contributed by atoms with Crippen molar-refractivity contribution in [1.29, 1.82) is 0 Å². The third-order valence-corrected chi connectivity index (χ3v) is 3.02. The highest BCUT2D eigenvalue weighted by molar-refractivity contribution is 7.08. The van der Waals surface area contributed by atoms with Crippen LogP contribution in [0, 0.1) is 5.82 Å². The lowest BCUT2D eigenvalue weighted by atomic mass is 10.2. The fraction of sp³-hybridized carbons (Fsp3) is 0.0769. The van der Waals surface area contributed by atoms with Crippen LogP contribution in [-0.2, 0) is 4.79 Å². The molecule has 0 atom stereocenters. The lowest BCUT2D eigenvalue weighted by Crippen LogP contribution is -2.33. The number of rotatable bonds is 4. The summed E-state index contributed by atoms with van der Waals surface area (Å²) in [5.41, 5.74) is 0.598. The maximum Gasteiger partial charge on any atom is 0.254 e. The average molecular weight is 278 g/mol. The molecule has 98 valence electrons. The van der Waals surface area contributed by atoms with Gasteiger partial charge in [0.2, 0.25) is 5.91 Å². The summed E-state index contributed by atoms with van der Waals surface area (Å²) in [5, 5.41) is 8.57. The van der Waals surface area contributed by atoms with Gasteiger partial charge >= 0.3 is 0 Å². The number of halogens is 1. The van der Waals surface area contributed by atoms with Crippen LogP contribution in [0.25, 0.3) is 0 Å². The highest BCUT2D eigenvalue weighted by atomic mass is 32.1. The molecule has 2 amide bonds. The number of hydrogen-bond donors (Lipinski definition) is 2. The third kappa shape index (κ3) is 3.62. The van der Waals surface area contributed by atoms with Crippen LogP contribution in [0.4, 0.5) is 10.1 Å². The Labute approximate surface area is 113 Å². The van der Waals surface area contributed by atoms with Crippen molar-refractivity contribution in [3.8, 4) is 0 Å². The van der Waals surface area contributed by atoms with Crippen LogP contribution in [0.5, 0.6) is 0 Å². The molecule has 1 aromatic heterocycles. The van der Waals surface area contributed by atoms with E-state index in [1.165, 1.54) is 29.5 Å². The lowest BCUT2D eigenvalue weighted by Gasteiger charge is -2.06. The molecule has 0 spiro atoms. The van der Waals surface area contributed by atoms with Crippen LogP contribution in [-0.4, -0.2) is 18.4 Å². The van der Waals surface area contributed by atoms with Crippen molar-refractivity contribution in [1.82, 2.24) is 5.32 Å². The molecule has 0 aliphatic carbocycles. The topological polar surface area (TPSA) is 58.2 Å². The van der Waals surface area contributed by atoms with Crippen molar-refractivity contribution in [2.45, 2.75) is 0 Å². The Bertz CT molecular complexity index is 584. The van der Waals surface area contributed by atoms with Gasteiger partial charge in [0.25, 0.3) is 5.91 Å². The smallest absolute Gasteiger partial charge is 0.254 e. The number of benzene rings is 1. The van der Waals surface area contributed by atoms with E-state index in [9.17, 15) is 14.0 Å². The summed E-state index contributed by atoms with van der Waals surface area (Å²) < 4.78 is 13.3. The van der Waals surface area contributed by atoms with Crippen molar-refractivity contribution in [2.75, 3.05) is 11.9 Å². The number of nitrogens with one attached hydrogen (secondary N) is 2. The summed E-state index contributed by atoms with van der Waals surface area (Å²) in [6, 6.07) is 7.36. The molecule has 2 aromatic rings. The Morgan fingerprint density at radius 3 is 2.68 bits per heavy atom. The predicted molar refractivity (Wildman–Crippen MR) is 71.7 cm³/mol. The standard InChI is InChI=1S/C13H11FN2O2S/c14-11-4-2-1-3-10(11)13(18)15-7-12(17)16-9-5-6-19-8-9/h1-6,8H,7H2,(H,15,18)(H,16,17). The molecule has 19 heavy (non-hydrogen) atoms. The van der Waals surface area contributed by atoms with Gasteiger partial charge in [-0.05, 0) is 23.6 Å². The van der Waals surface area contributed by atoms with E-state index in [1.54, 1.807) is 17.5 Å². The Hall–Kier alpha value is -2.21. The molecule has 2 rings (SSSR count). The van der Waals surface area contributed by atoms with Gasteiger partial charge in [0.15, 0.2) is 0 Å². The monoisotopic (exact) mass is 278 g/mol. The van der Waals surface area contributed by atoms with E-state index in [1.807, 2.05) is 5.38 Å². The Balaban J connectivity index is 1.87. The molecule has 4 nitrogen and oxygen atoms in total. The maximum absolute atomic E-state index is 13.3. The average Bonchev–Trinajstić information content (AvgIpc) is 2.89. The fourth-order valence-electron chi connectivity index (χ4n) is 1.44. The summed E-state index contributed by atoms with van der Waals surface area (Å²) in [5.74, 6) is -1.58. The zero-order valence-corrected chi connectivity index (χ0v) is 10.7. The van der Waals surface area contributed by atoms with Gasteiger partial charge < -0.3 is 10.6 Å². The molecule has 2 N–H and O–H groups in total. The summed E-state index contributed by atoms with van der Waals surface area (Å²) in [6.07, 6.45) is 0. The number of thiophene rings is 1. The molecule has 0 saturated heterocycles. The molecule has 0 bridgehead atoms. The summed E-state index contributed by atoms with van der Waals surface area (Å²) >= 11 is 1.45. The van der Waals surface area contributed by atoms with Crippen LogP contribution in [0.2, 0.25) is 0 Å². The zero-order valence-electron chi connectivity index (χ0n) is 9.85. The van der Waals surface area contributed by atoms with Crippen molar-refractivity contribution in [3.63, 3.8) is 0 Å². The van der Waals surface area contributed by atoms with Crippen LogP contribution in [0.3, 0.4) is 0 Å². The molecule has 1 aromatic carbocycles. The first-order valence-corrected chi connectivity index (χ1v) is 6.46. The van der Waals surface area contributed by atoms with E-state index >= 15 is 0 Å². The third-order valence-electron chi connectivity index (χ3n) is 2.33. The largest absolute Gasteiger partial charge is 0.343 e. The second-order valence-electron chi connectivity index (χ2n) is 3.72. The molecular formula is C13H11FN2O2S. The molecule has 0 unspecified atom stereocenters. The molecule has 1 heterocycles. The second kappa shape index (κ2) is 6.10. The summed E-state index contributed by atoms with van der Waals surface area (Å²) in [4.78, 5) is 23.2. The van der Waals surface area contributed by atoms with E-state index < -0.39 is 11.7 Å². The van der Waals surface area contributed by atoms with Crippen LogP contribution in [0.1, 0.15) is 10.4 Å². The van der Waals surface area contributed by atoms with Gasteiger partial charge in [-0.3, -0.25) is 9.59 Å². The van der Waals surface area contributed by atoms with E-state index in [4.69, 9.17) is 0 Å². The minimum atomic E-state index is -0.613. The van der Waals surface area contributed by atoms with E-state index in [-0.39, 0.29) is 18.0 Å². The van der Waals surface area contributed by atoms with Crippen molar-refractivity contribution < 1.29 is 14.0 Å². The number of hydrogen-bond acceptors (Lipinski definition) is 3. The molecule has 6 heteroatoms. The van der Waals surface area contributed by atoms with Crippen LogP contribution < -0.4 is 10.6 Å². The number of anilines is 1. The van der Waals surface area contributed by atoms with Crippen molar-refractivity contribution in [3.05, 3.63) is 52.5 Å². The highest BCUT2D eigenvalue weighted by Crippen LogP contribution is 2.11. The molecule has 0 aliphatic heterocycles. The van der Waals surface area contributed by atoms with E-state index in [2.05, 4.69) is 10.6 Å². The summed E-state index contributed by atoms with van der Waals surface area (Å²) in [6.45, 7) is -0.205. The van der Waals surface area contributed by atoms with Gasteiger partial charge in [0, 0.05) is 5.38 Å². The molecule has 0 fully saturated rings. The normalized spacial score (nSPS) is 9.95. The predicted octanol–water partition coefficient (Wildman–Crippen LogP) is 2.26. The first kappa shape index (κ1) is 13.2. The van der Waals surface area contributed by atoms with E-state index in [0.717, 1.165) is 0 Å². The molecule has 0 saturated carbocycles. The minimum Gasteiger partial charge on any atom is -0.343 e. The first-order valence-electron chi connectivity index (χ1n) is 5.51. The minimum absolute atomic E-state index is 0.0779. The van der Waals surface area contributed by atoms with Gasteiger partial charge in [-0.1, -0.05) is 12.1 Å². The first-order chi connectivity index (χ1) is 9.16. The Morgan fingerprint density at radius 2 is 2.00 bits per heavy atom. The lowest BCUT2D eigenvalue weighted by molar-refractivity contribution is -0.115. The number of amides is 2. The van der Waals surface area contributed by atoms with Crippen LogP contribution in [0.15, 0.2) is 41.1 Å². The van der Waals surface area contributed by atoms with Crippen LogP contribution >= 0.6 is 11.3 Å².